The highest BCUT2D eigenvalue weighted by Crippen LogP contribution is 2.26. The molecule has 29 heavy (non-hydrogen) atoms. The maximum Gasteiger partial charge on any atom is 0.197 e. The molecule has 5 heteroatoms. The number of hydrogen-bond acceptors (Lipinski definition) is 3. The first-order valence-corrected chi connectivity index (χ1v) is 9.98. The van der Waals surface area contributed by atoms with Gasteiger partial charge in [0.05, 0.1) is 0 Å². The Morgan fingerprint density at radius 1 is 1.10 bits per heavy atom. The summed E-state index contributed by atoms with van der Waals surface area (Å²) in [6.45, 7) is 3.63. The number of anilines is 1. The molecule has 0 saturated carbocycles. The molecule has 3 nitrogen and oxygen atoms in total. The third-order valence-electron chi connectivity index (χ3n) is 4.39. The highest BCUT2D eigenvalue weighted by Gasteiger charge is 2.13. The molecule has 0 heterocycles. The summed E-state index contributed by atoms with van der Waals surface area (Å²) in [5.74, 6) is -0.303. The van der Waals surface area contributed by atoms with Crippen molar-refractivity contribution in [2.24, 2.45) is 0 Å². The Morgan fingerprint density at radius 3 is 2.55 bits per heavy atom. The van der Waals surface area contributed by atoms with Gasteiger partial charge in [-0.05, 0) is 55.3 Å². The van der Waals surface area contributed by atoms with Gasteiger partial charge >= 0.3 is 0 Å². The van der Waals surface area contributed by atoms with Gasteiger partial charge in [-0.1, -0.05) is 46.3 Å². The molecule has 3 aromatic rings. The summed E-state index contributed by atoms with van der Waals surface area (Å²) in [6, 6.07) is 19.7. The van der Waals surface area contributed by atoms with Crippen molar-refractivity contribution < 1.29 is 13.9 Å². The molecule has 1 N–H and O–H groups in total. The predicted octanol–water partition coefficient (Wildman–Crippen LogP) is 6.53. The maximum atomic E-state index is 14.4. The standard InChI is InChI=1S/C24H21BrFNO2/c1-16-14-19(8-11-22(16)25)27-13-12-24(28)17(2)29-20-9-10-21(23(26)15-20)18-6-4-3-5-7-18/h3-15,17,27H,1-2H3/b13-12+/t17-/m0/s1. The summed E-state index contributed by atoms with van der Waals surface area (Å²) >= 11 is 3.45. The van der Waals surface area contributed by atoms with Gasteiger partial charge in [0, 0.05) is 34.1 Å². The van der Waals surface area contributed by atoms with E-state index in [0.717, 1.165) is 21.3 Å². The van der Waals surface area contributed by atoms with Gasteiger partial charge in [-0.3, -0.25) is 4.79 Å². The number of aryl methyl sites for hydroxylation is 1. The van der Waals surface area contributed by atoms with Gasteiger partial charge in [0.2, 0.25) is 0 Å². The molecular weight excluding hydrogens is 433 g/mol. The number of nitrogens with one attached hydrogen (secondary N) is 1. The summed E-state index contributed by atoms with van der Waals surface area (Å²) in [4.78, 5) is 12.3. The number of carbonyl (C=O) groups is 1. The molecule has 0 aromatic heterocycles. The molecule has 0 amide bonds. The van der Waals surface area contributed by atoms with Crippen molar-refractivity contribution in [3.63, 3.8) is 0 Å². The third kappa shape index (κ3) is 5.55. The molecule has 0 spiro atoms. The van der Waals surface area contributed by atoms with Crippen LogP contribution in [0.4, 0.5) is 10.1 Å². The minimum Gasteiger partial charge on any atom is -0.482 e. The largest absolute Gasteiger partial charge is 0.482 e. The average Bonchev–Trinajstić information content (AvgIpc) is 2.71. The molecule has 0 bridgehead atoms. The lowest BCUT2D eigenvalue weighted by molar-refractivity contribution is -0.120. The zero-order chi connectivity index (χ0) is 20.8. The number of hydrogen-bond donors (Lipinski definition) is 1. The summed E-state index contributed by atoms with van der Waals surface area (Å²) in [7, 11) is 0. The lowest BCUT2D eigenvalue weighted by Gasteiger charge is -2.13. The van der Waals surface area contributed by atoms with E-state index >= 15 is 0 Å². The molecule has 0 radical (unpaired) electrons. The quantitative estimate of drug-likeness (QED) is 0.413. The topological polar surface area (TPSA) is 38.3 Å². The van der Waals surface area contributed by atoms with Crippen molar-refractivity contribution in [3.05, 3.63) is 94.9 Å². The second kappa shape index (κ2) is 9.52. The number of carbonyl (C=O) groups excluding carboxylic acids is 1. The van der Waals surface area contributed by atoms with Gasteiger partial charge in [0.15, 0.2) is 11.9 Å². The summed E-state index contributed by atoms with van der Waals surface area (Å²) in [5.41, 5.74) is 3.25. The SMILES string of the molecule is Cc1cc(N/C=C/C(=O)[C@H](C)Oc2ccc(-c3ccccc3)c(F)c2)ccc1Br. The first kappa shape index (κ1) is 20.8. The molecule has 0 saturated heterocycles. The average molecular weight is 454 g/mol. The van der Waals surface area contributed by atoms with Gasteiger partial charge in [0.25, 0.3) is 0 Å². The molecule has 0 unspecified atom stereocenters. The van der Waals surface area contributed by atoms with Crippen LogP contribution >= 0.6 is 15.9 Å². The van der Waals surface area contributed by atoms with Gasteiger partial charge in [-0.25, -0.2) is 4.39 Å². The molecule has 0 aliphatic carbocycles. The van der Waals surface area contributed by atoms with Gasteiger partial charge in [0.1, 0.15) is 11.6 Å². The van der Waals surface area contributed by atoms with Crippen molar-refractivity contribution in [3.8, 4) is 16.9 Å². The van der Waals surface area contributed by atoms with Crippen molar-refractivity contribution in [2.45, 2.75) is 20.0 Å². The lowest BCUT2D eigenvalue weighted by Crippen LogP contribution is -2.22. The number of halogens is 2. The Hall–Kier alpha value is -2.92. The predicted molar refractivity (Wildman–Crippen MR) is 119 cm³/mol. The van der Waals surface area contributed by atoms with E-state index in [9.17, 15) is 9.18 Å². The summed E-state index contributed by atoms with van der Waals surface area (Å²) < 4.78 is 21.1. The molecular formula is C24H21BrFNO2. The molecule has 1 atom stereocenters. The van der Waals surface area contributed by atoms with Crippen molar-refractivity contribution in [1.29, 1.82) is 0 Å². The number of ketones is 1. The Morgan fingerprint density at radius 2 is 1.86 bits per heavy atom. The van der Waals surface area contributed by atoms with E-state index in [4.69, 9.17) is 4.74 Å². The van der Waals surface area contributed by atoms with Crippen molar-refractivity contribution in [1.82, 2.24) is 0 Å². The Bertz CT molecular complexity index is 1030. The van der Waals surface area contributed by atoms with E-state index in [-0.39, 0.29) is 5.78 Å². The fraction of sp³-hybridized carbons (Fsp3) is 0.125. The monoisotopic (exact) mass is 453 g/mol. The summed E-state index contributed by atoms with van der Waals surface area (Å²) in [5, 5.41) is 3.06. The van der Waals surface area contributed by atoms with Crippen LogP contribution in [0, 0.1) is 12.7 Å². The van der Waals surface area contributed by atoms with Crippen molar-refractivity contribution >= 4 is 27.4 Å². The van der Waals surface area contributed by atoms with Crippen molar-refractivity contribution in [2.75, 3.05) is 5.32 Å². The van der Waals surface area contributed by atoms with Crippen LogP contribution in [0.1, 0.15) is 12.5 Å². The third-order valence-corrected chi connectivity index (χ3v) is 5.28. The van der Waals surface area contributed by atoms with Crippen LogP contribution in [-0.2, 0) is 4.79 Å². The lowest BCUT2D eigenvalue weighted by atomic mass is 10.1. The zero-order valence-corrected chi connectivity index (χ0v) is 17.7. The van der Waals surface area contributed by atoms with Crippen LogP contribution < -0.4 is 10.1 Å². The second-order valence-electron chi connectivity index (χ2n) is 6.61. The van der Waals surface area contributed by atoms with E-state index in [1.165, 1.54) is 12.1 Å². The van der Waals surface area contributed by atoms with Crippen LogP contribution in [0.3, 0.4) is 0 Å². The molecule has 3 aromatic carbocycles. The number of rotatable bonds is 7. The Kier molecular flexibility index (Phi) is 6.83. The first-order chi connectivity index (χ1) is 13.9. The van der Waals surface area contributed by atoms with Crippen LogP contribution in [-0.4, -0.2) is 11.9 Å². The minimum absolute atomic E-state index is 0.223. The smallest absolute Gasteiger partial charge is 0.197 e. The molecule has 0 fully saturated rings. The van der Waals surface area contributed by atoms with E-state index in [0.29, 0.717) is 11.3 Å². The van der Waals surface area contributed by atoms with Gasteiger partial charge in [-0.2, -0.15) is 0 Å². The fourth-order valence-corrected chi connectivity index (χ4v) is 3.02. The molecule has 0 aliphatic rings. The fourth-order valence-electron chi connectivity index (χ4n) is 2.77. The number of benzene rings is 3. The van der Waals surface area contributed by atoms with E-state index in [2.05, 4.69) is 21.2 Å². The van der Waals surface area contributed by atoms with E-state index < -0.39 is 11.9 Å². The highest BCUT2D eigenvalue weighted by molar-refractivity contribution is 9.10. The molecule has 148 valence electrons. The van der Waals surface area contributed by atoms with E-state index in [1.807, 2.05) is 55.5 Å². The van der Waals surface area contributed by atoms with Crippen LogP contribution in [0.15, 0.2) is 83.5 Å². The zero-order valence-electron chi connectivity index (χ0n) is 16.2. The molecule has 3 rings (SSSR count). The van der Waals surface area contributed by atoms with Crippen LogP contribution in [0.2, 0.25) is 0 Å². The second-order valence-corrected chi connectivity index (χ2v) is 7.47. The first-order valence-electron chi connectivity index (χ1n) is 9.19. The Balaban J connectivity index is 1.60. The van der Waals surface area contributed by atoms with E-state index in [1.54, 1.807) is 25.3 Å². The molecule has 0 aliphatic heterocycles. The maximum absolute atomic E-state index is 14.4. The normalized spacial score (nSPS) is 12.0. The Labute approximate surface area is 178 Å². The number of ether oxygens (including phenoxy) is 1. The van der Waals surface area contributed by atoms with Gasteiger partial charge in [-0.15, -0.1) is 0 Å². The van der Waals surface area contributed by atoms with Crippen LogP contribution in [0.5, 0.6) is 5.75 Å². The summed E-state index contributed by atoms with van der Waals surface area (Å²) in [6.07, 6.45) is 2.25. The van der Waals surface area contributed by atoms with Crippen LogP contribution in [0.25, 0.3) is 11.1 Å². The minimum atomic E-state index is -0.735. The van der Waals surface area contributed by atoms with Gasteiger partial charge < -0.3 is 10.1 Å². The highest BCUT2D eigenvalue weighted by atomic mass is 79.9.